The number of hydrogen-bond acceptors (Lipinski definition) is 5. The van der Waals surface area contributed by atoms with E-state index in [0.717, 1.165) is 22.9 Å². The van der Waals surface area contributed by atoms with E-state index in [9.17, 15) is 0 Å². The maximum Gasteiger partial charge on any atom is 0.144 e. The van der Waals surface area contributed by atoms with Crippen molar-refractivity contribution in [2.24, 2.45) is 0 Å². The summed E-state index contributed by atoms with van der Waals surface area (Å²) in [4.78, 5) is 14.2. The molecule has 0 fully saturated rings. The summed E-state index contributed by atoms with van der Waals surface area (Å²) in [6.45, 7) is 7.26. The number of rotatable bonds is 4. The van der Waals surface area contributed by atoms with Crippen LogP contribution in [-0.2, 0) is 0 Å². The fraction of sp³-hybridized carbons (Fsp3) is 0.417. The first-order valence-corrected chi connectivity index (χ1v) is 6.51. The monoisotopic (exact) mass is 248 g/mol. The average Bonchev–Trinajstić information content (AvgIpc) is 2.73. The van der Waals surface area contributed by atoms with Gasteiger partial charge < -0.3 is 5.32 Å². The van der Waals surface area contributed by atoms with Gasteiger partial charge in [0, 0.05) is 23.3 Å². The van der Waals surface area contributed by atoms with Crippen LogP contribution in [0.2, 0.25) is 0 Å². The van der Waals surface area contributed by atoms with Gasteiger partial charge >= 0.3 is 0 Å². The molecule has 0 amide bonds. The zero-order valence-corrected chi connectivity index (χ0v) is 11.1. The van der Waals surface area contributed by atoms with Crippen molar-refractivity contribution in [1.29, 1.82) is 0 Å². The molecule has 0 aliphatic carbocycles. The van der Waals surface area contributed by atoms with Gasteiger partial charge in [0.1, 0.15) is 10.7 Å². The first-order chi connectivity index (χ1) is 8.22. The van der Waals surface area contributed by atoms with Crippen molar-refractivity contribution in [1.82, 2.24) is 20.3 Å². The molecule has 0 aliphatic rings. The molecule has 5 heteroatoms. The van der Waals surface area contributed by atoms with E-state index in [1.807, 2.05) is 6.92 Å². The molecule has 2 aromatic heterocycles. The van der Waals surface area contributed by atoms with Crippen molar-refractivity contribution in [3.8, 4) is 10.7 Å². The average molecular weight is 248 g/mol. The van der Waals surface area contributed by atoms with Gasteiger partial charge in [0.05, 0.1) is 11.9 Å². The second-order valence-electron chi connectivity index (χ2n) is 3.84. The first-order valence-electron chi connectivity index (χ1n) is 5.69. The molecule has 0 aromatic carbocycles. The van der Waals surface area contributed by atoms with Crippen molar-refractivity contribution >= 4 is 11.3 Å². The summed E-state index contributed by atoms with van der Waals surface area (Å²) in [5, 5.41) is 4.34. The number of aryl methyl sites for hydroxylation is 1. The molecule has 4 nitrogen and oxygen atoms in total. The lowest BCUT2D eigenvalue weighted by molar-refractivity contribution is 0.603. The lowest BCUT2D eigenvalue weighted by atomic mass is 10.2. The van der Waals surface area contributed by atoms with Crippen LogP contribution in [0.15, 0.2) is 18.6 Å². The summed E-state index contributed by atoms with van der Waals surface area (Å²) in [6.07, 6.45) is 5.12. The lowest BCUT2D eigenvalue weighted by Crippen LogP contribution is -2.17. The Labute approximate surface area is 105 Å². The Balaban J connectivity index is 2.31. The molecule has 0 bridgehead atoms. The fourth-order valence-electron chi connectivity index (χ4n) is 1.73. The Bertz CT molecular complexity index is 481. The highest BCUT2D eigenvalue weighted by Gasteiger charge is 2.14. The molecule has 2 rings (SSSR count). The summed E-state index contributed by atoms with van der Waals surface area (Å²) in [6, 6.07) is 0.336. The highest BCUT2D eigenvalue weighted by atomic mass is 32.1. The minimum absolute atomic E-state index is 0.336. The Morgan fingerprint density at radius 1 is 1.41 bits per heavy atom. The minimum atomic E-state index is 0.336. The number of aromatic nitrogens is 3. The Hall–Kier alpha value is -1.33. The molecule has 0 spiro atoms. The van der Waals surface area contributed by atoms with E-state index < -0.39 is 0 Å². The molecule has 0 radical (unpaired) electrons. The molecular weight excluding hydrogens is 232 g/mol. The topological polar surface area (TPSA) is 50.7 Å². The van der Waals surface area contributed by atoms with Crippen LogP contribution in [0.4, 0.5) is 0 Å². The first kappa shape index (κ1) is 12.1. The number of thiazole rings is 1. The largest absolute Gasteiger partial charge is 0.310 e. The molecule has 2 aromatic rings. The van der Waals surface area contributed by atoms with Crippen LogP contribution in [0.3, 0.4) is 0 Å². The predicted molar refractivity (Wildman–Crippen MR) is 70.0 cm³/mol. The molecule has 2 heterocycles. The SMILES string of the molecule is CCNC(C)c1sc(-c2cnccn2)nc1C. The summed E-state index contributed by atoms with van der Waals surface area (Å²) >= 11 is 1.68. The van der Waals surface area contributed by atoms with E-state index in [2.05, 4.69) is 34.1 Å². The number of nitrogens with zero attached hydrogens (tertiary/aromatic N) is 3. The zero-order chi connectivity index (χ0) is 12.3. The van der Waals surface area contributed by atoms with E-state index >= 15 is 0 Å². The van der Waals surface area contributed by atoms with E-state index in [-0.39, 0.29) is 0 Å². The lowest BCUT2D eigenvalue weighted by Gasteiger charge is -2.09. The van der Waals surface area contributed by atoms with Gasteiger partial charge in [-0.2, -0.15) is 0 Å². The van der Waals surface area contributed by atoms with E-state index in [0.29, 0.717) is 6.04 Å². The number of nitrogens with one attached hydrogen (secondary N) is 1. The molecule has 1 N–H and O–H groups in total. The highest BCUT2D eigenvalue weighted by Crippen LogP contribution is 2.30. The molecule has 0 aliphatic heterocycles. The van der Waals surface area contributed by atoms with Crippen LogP contribution < -0.4 is 5.32 Å². The van der Waals surface area contributed by atoms with Crippen LogP contribution in [-0.4, -0.2) is 21.5 Å². The van der Waals surface area contributed by atoms with Gasteiger partial charge in [-0.3, -0.25) is 9.97 Å². The summed E-state index contributed by atoms with van der Waals surface area (Å²) < 4.78 is 0. The summed E-state index contributed by atoms with van der Waals surface area (Å²) in [5.74, 6) is 0. The standard InChI is InChI=1S/C12H16N4S/c1-4-14-8(2)11-9(3)16-12(17-11)10-7-13-5-6-15-10/h5-8,14H,4H2,1-3H3. The van der Waals surface area contributed by atoms with Gasteiger partial charge in [-0.25, -0.2) is 4.98 Å². The molecule has 0 saturated carbocycles. The molecule has 90 valence electrons. The second-order valence-corrected chi connectivity index (χ2v) is 4.87. The molecule has 1 atom stereocenters. The van der Waals surface area contributed by atoms with E-state index in [1.165, 1.54) is 4.88 Å². The maximum absolute atomic E-state index is 4.56. The van der Waals surface area contributed by atoms with Crippen LogP contribution in [0.5, 0.6) is 0 Å². The Kier molecular flexibility index (Phi) is 3.81. The van der Waals surface area contributed by atoms with Crippen LogP contribution in [0.25, 0.3) is 10.7 Å². The highest BCUT2D eigenvalue weighted by molar-refractivity contribution is 7.15. The van der Waals surface area contributed by atoms with Gasteiger partial charge in [-0.05, 0) is 20.4 Å². The third-order valence-corrected chi connectivity index (χ3v) is 3.88. The fourth-order valence-corrected chi connectivity index (χ4v) is 2.78. The van der Waals surface area contributed by atoms with Crippen molar-refractivity contribution in [3.05, 3.63) is 29.2 Å². The number of hydrogen-bond donors (Lipinski definition) is 1. The summed E-state index contributed by atoms with van der Waals surface area (Å²) in [7, 11) is 0. The van der Waals surface area contributed by atoms with Gasteiger partial charge in [0.15, 0.2) is 0 Å². The zero-order valence-electron chi connectivity index (χ0n) is 10.3. The predicted octanol–water partition coefficient (Wildman–Crippen LogP) is 2.58. The molecular formula is C12H16N4S. The molecule has 1 unspecified atom stereocenters. The second kappa shape index (κ2) is 5.33. The van der Waals surface area contributed by atoms with Crippen LogP contribution in [0, 0.1) is 6.92 Å². The van der Waals surface area contributed by atoms with E-state index in [1.54, 1.807) is 29.9 Å². The van der Waals surface area contributed by atoms with Crippen LogP contribution >= 0.6 is 11.3 Å². The van der Waals surface area contributed by atoms with Crippen molar-refractivity contribution < 1.29 is 0 Å². The maximum atomic E-state index is 4.56. The van der Waals surface area contributed by atoms with E-state index in [4.69, 9.17) is 0 Å². The van der Waals surface area contributed by atoms with Crippen LogP contribution in [0.1, 0.15) is 30.5 Å². The minimum Gasteiger partial charge on any atom is -0.310 e. The van der Waals surface area contributed by atoms with Gasteiger partial charge in [0.25, 0.3) is 0 Å². The molecule has 17 heavy (non-hydrogen) atoms. The normalized spacial score (nSPS) is 12.6. The van der Waals surface area contributed by atoms with Gasteiger partial charge in [-0.15, -0.1) is 11.3 Å². The van der Waals surface area contributed by atoms with Crippen molar-refractivity contribution in [3.63, 3.8) is 0 Å². The Morgan fingerprint density at radius 2 is 2.24 bits per heavy atom. The van der Waals surface area contributed by atoms with Gasteiger partial charge in [0.2, 0.25) is 0 Å². The third-order valence-electron chi connectivity index (χ3n) is 2.52. The van der Waals surface area contributed by atoms with Crippen molar-refractivity contribution in [2.45, 2.75) is 26.8 Å². The quantitative estimate of drug-likeness (QED) is 0.903. The molecule has 0 saturated heterocycles. The van der Waals surface area contributed by atoms with Gasteiger partial charge in [-0.1, -0.05) is 6.92 Å². The summed E-state index contributed by atoms with van der Waals surface area (Å²) in [5.41, 5.74) is 1.92. The smallest absolute Gasteiger partial charge is 0.144 e. The van der Waals surface area contributed by atoms with Crippen molar-refractivity contribution in [2.75, 3.05) is 6.54 Å². The Morgan fingerprint density at radius 3 is 2.88 bits per heavy atom. The third kappa shape index (κ3) is 2.68.